The van der Waals surface area contributed by atoms with Gasteiger partial charge in [0.25, 0.3) is 0 Å². The summed E-state index contributed by atoms with van der Waals surface area (Å²) in [5.41, 5.74) is 5.66. The van der Waals surface area contributed by atoms with Gasteiger partial charge in [-0.15, -0.1) is 0 Å². The van der Waals surface area contributed by atoms with E-state index in [1.54, 1.807) is 0 Å². The molecule has 1 fully saturated rings. The van der Waals surface area contributed by atoms with Gasteiger partial charge in [-0.3, -0.25) is 4.79 Å². The topological polar surface area (TPSA) is 55.1 Å². The van der Waals surface area contributed by atoms with E-state index in [-0.39, 0.29) is 10.9 Å². The standard InChI is InChI=1S/C14H18ClFN2O/c15-10-6-11(16)8-12(7-10)18-13(19)14(9-17)4-2-1-3-5-14/h6-8H,1-5,9,17H2,(H,18,19). The molecular formula is C14H18ClFN2O. The second-order valence-corrected chi connectivity index (χ2v) is 5.59. The first-order chi connectivity index (χ1) is 9.05. The van der Waals surface area contributed by atoms with Crippen LogP contribution in [0.25, 0.3) is 0 Å². The van der Waals surface area contributed by atoms with Gasteiger partial charge in [0, 0.05) is 17.3 Å². The number of hydrogen-bond donors (Lipinski definition) is 2. The predicted molar refractivity (Wildman–Crippen MR) is 74.6 cm³/mol. The number of nitrogens with one attached hydrogen (secondary N) is 1. The van der Waals surface area contributed by atoms with Crippen molar-refractivity contribution in [1.82, 2.24) is 0 Å². The van der Waals surface area contributed by atoms with Crippen molar-refractivity contribution in [2.45, 2.75) is 32.1 Å². The summed E-state index contributed by atoms with van der Waals surface area (Å²) in [4.78, 5) is 12.4. The third-order valence-electron chi connectivity index (χ3n) is 3.80. The van der Waals surface area contributed by atoms with E-state index in [1.807, 2.05) is 0 Å². The number of rotatable bonds is 3. The fourth-order valence-electron chi connectivity index (χ4n) is 2.64. The van der Waals surface area contributed by atoms with Gasteiger partial charge in [0.05, 0.1) is 5.41 Å². The summed E-state index contributed by atoms with van der Waals surface area (Å²) >= 11 is 5.77. The molecule has 3 nitrogen and oxygen atoms in total. The van der Waals surface area contributed by atoms with E-state index in [1.165, 1.54) is 18.2 Å². The molecule has 1 aromatic rings. The Morgan fingerprint density at radius 2 is 2.00 bits per heavy atom. The average molecular weight is 285 g/mol. The van der Waals surface area contributed by atoms with Crippen LogP contribution in [0.2, 0.25) is 5.02 Å². The van der Waals surface area contributed by atoms with E-state index in [2.05, 4.69) is 5.32 Å². The highest BCUT2D eigenvalue weighted by atomic mass is 35.5. The predicted octanol–water partition coefficient (Wildman–Crippen LogP) is 3.33. The summed E-state index contributed by atoms with van der Waals surface area (Å²) in [6.07, 6.45) is 4.74. The first-order valence-electron chi connectivity index (χ1n) is 6.53. The molecule has 0 unspecified atom stereocenters. The molecule has 104 valence electrons. The fourth-order valence-corrected chi connectivity index (χ4v) is 2.86. The van der Waals surface area contributed by atoms with Crippen LogP contribution in [-0.4, -0.2) is 12.5 Å². The number of amides is 1. The number of anilines is 1. The van der Waals surface area contributed by atoms with E-state index in [0.29, 0.717) is 12.2 Å². The van der Waals surface area contributed by atoms with Gasteiger partial charge in [0.2, 0.25) is 5.91 Å². The van der Waals surface area contributed by atoms with Crippen LogP contribution in [0.15, 0.2) is 18.2 Å². The first-order valence-corrected chi connectivity index (χ1v) is 6.91. The zero-order valence-electron chi connectivity index (χ0n) is 10.7. The van der Waals surface area contributed by atoms with Gasteiger partial charge in [-0.05, 0) is 31.0 Å². The second-order valence-electron chi connectivity index (χ2n) is 5.16. The third-order valence-corrected chi connectivity index (χ3v) is 4.02. The Balaban J connectivity index is 2.14. The molecule has 0 heterocycles. The summed E-state index contributed by atoms with van der Waals surface area (Å²) in [6, 6.07) is 4.00. The summed E-state index contributed by atoms with van der Waals surface area (Å²) in [7, 11) is 0. The van der Waals surface area contributed by atoms with Crippen LogP contribution in [0.4, 0.5) is 10.1 Å². The van der Waals surface area contributed by atoms with Gasteiger partial charge in [-0.25, -0.2) is 4.39 Å². The first kappa shape index (κ1) is 14.3. The van der Waals surface area contributed by atoms with Crippen LogP contribution in [0.5, 0.6) is 0 Å². The van der Waals surface area contributed by atoms with Crippen LogP contribution < -0.4 is 11.1 Å². The number of carbonyl (C=O) groups excluding carboxylic acids is 1. The lowest BCUT2D eigenvalue weighted by Crippen LogP contribution is -2.43. The highest BCUT2D eigenvalue weighted by molar-refractivity contribution is 6.30. The molecule has 0 aliphatic heterocycles. The van der Waals surface area contributed by atoms with Crippen molar-refractivity contribution < 1.29 is 9.18 Å². The van der Waals surface area contributed by atoms with Gasteiger partial charge in [0.1, 0.15) is 5.82 Å². The summed E-state index contributed by atoms with van der Waals surface area (Å²) in [5.74, 6) is -0.593. The van der Waals surface area contributed by atoms with Crippen LogP contribution in [0, 0.1) is 11.2 Å². The number of hydrogen-bond acceptors (Lipinski definition) is 2. The Hall–Kier alpha value is -1.13. The minimum atomic E-state index is -0.517. The fraction of sp³-hybridized carbons (Fsp3) is 0.500. The second kappa shape index (κ2) is 5.88. The Bertz CT molecular complexity index is 452. The molecule has 1 saturated carbocycles. The SMILES string of the molecule is NCC1(C(=O)Nc2cc(F)cc(Cl)c2)CCCCC1. The highest BCUT2D eigenvalue weighted by Crippen LogP contribution is 2.36. The molecule has 0 aromatic heterocycles. The lowest BCUT2D eigenvalue weighted by molar-refractivity contribution is -0.126. The molecule has 0 radical (unpaired) electrons. The maximum atomic E-state index is 13.2. The molecule has 5 heteroatoms. The number of benzene rings is 1. The largest absolute Gasteiger partial charge is 0.329 e. The van der Waals surface area contributed by atoms with Crippen molar-refractivity contribution in [2.24, 2.45) is 11.1 Å². The Kier molecular flexibility index (Phi) is 4.42. The molecule has 1 aliphatic carbocycles. The van der Waals surface area contributed by atoms with Crippen molar-refractivity contribution in [3.8, 4) is 0 Å². The van der Waals surface area contributed by atoms with Crippen molar-refractivity contribution in [2.75, 3.05) is 11.9 Å². The third kappa shape index (κ3) is 3.25. The van der Waals surface area contributed by atoms with Gasteiger partial charge in [0.15, 0.2) is 0 Å². The molecule has 1 aromatic carbocycles. The van der Waals surface area contributed by atoms with Gasteiger partial charge in [-0.2, -0.15) is 0 Å². The van der Waals surface area contributed by atoms with Crippen LogP contribution in [-0.2, 0) is 4.79 Å². The smallest absolute Gasteiger partial charge is 0.231 e. The molecule has 2 rings (SSSR count). The molecule has 1 amide bonds. The minimum absolute atomic E-state index is 0.128. The molecule has 0 saturated heterocycles. The zero-order valence-corrected chi connectivity index (χ0v) is 11.5. The molecule has 0 bridgehead atoms. The normalized spacial score (nSPS) is 18.1. The number of carbonyl (C=O) groups is 1. The van der Waals surface area contributed by atoms with Crippen LogP contribution in [0.1, 0.15) is 32.1 Å². The number of nitrogens with two attached hydrogens (primary N) is 1. The van der Waals surface area contributed by atoms with E-state index in [0.717, 1.165) is 32.1 Å². The summed E-state index contributed by atoms with van der Waals surface area (Å²) in [6.45, 7) is 0.321. The molecule has 1 aliphatic rings. The number of halogens is 2. The van der Waals surface area contributed by atoms with Crippen LogP contribution in [0.3, 0.4) is 0 Å². The maximum Gasteiger partial charge on any atom is 0.231 e. The van der Waals surface area contributed by atoms with Crippen LogP contribution >= 0.6 is 11.6 Å². The lowest BCUT2D eigenvalue weighted by Gasteiger charge is -2.34. The summed E-state index contributed by atoms with van der Waals surface area (Å²) in [5, 5.41) is 3.01. The van der Waals surface area contributed by atoms with E-state index in [4.69, 9.17) is 17.3 Å². The van der Waals surface area contributed by atoms with Gasteiger partial charge in [-0.1, -0.05) is 30.9 Å². The average Bonchev–Trinajstić information content (AvgIpc) is 2.38. The minimum Gasteiger partial charge on any atom is -0.329 e. The van der Waals surface area contributed by atoms with Crippen molar-refractivity contribution in [1.29, 1.82) is 0 Å². The summed E-state index contributed by atoms with van der Waals surface area (Å²) < 4.78 is 13.2. The lowest BCUT2D eigenvalue weighted by atomic mass is 9.73. The van der Waals surface area contributed by atoms with E-state index < -0.39 is 11.2 Å². The van der Waals surface area contributed by atoms with Crippen molar-refractivity contribution in [3.63, 3.8) is 0 Å². The Morgan fingerprint density at radius 1 is 1.32 bits per heavy atom. The zero-order chi connectivity index (χ0) is 13.9. The van der Waals surface area contributed by atoms with E-state index in [9.17, 15) is 9.18 Å². The Morgan fingerprint density at radius 3 is 2.58 bits per heavy atom. The molecular weight excluding hydrogens is 267 g/mol. The Labute approximate surface area is 117 Å². The highest BCUT2D eigenvalue weighted by Gasteiger charge is 2.38. The molecule has 3 N–H and O–H groups in total. The van der Waals surface area contributed by atoms with Crippen molar-refractivity contribution in [3.05, 3.63) is 29.0 Å². The van der Waals surface area contributed by atoms with Crippen molar-refractivity contribution >= 4 is 23.2 Å². The molecule has 0 atom stereocenters. The van der Waals surface area contributed by atoms with Gasteiger partial charge >= 0.3 is 0 Å². The van der Waals surface area contributed by atoms with E-state index >= 15 is 0 Å². The molecule has 19 heavy (non-hydrogen) atoms. The van der Waals surface area contributed by atoms with Gasteiger partial charge < -0.3 is 11.1 Å². The quantitative estimate of drug-likeness (QED) is 0.894. The monoisotopic (exact) mass is 284 g/mol. The maximum absolute atomic E-state index is 13.2. The molecule has 0 spiro atoms.